The standard InChI is InChI=1S/C19H26N2/c1-14(2)11-15-5-3-7-17(12-15)21-19-8-4-6-16-13-20-10-9-18(16)19/h4,6,8-10,13-15,17,21H,3,5,7,11-12H2,1-2H3. The molecule has 0 saturated heterocycles. The van der Waals surface area contributed by atoms with E-state index in [0.29, 0.717) is 6.04 Å². The van der Waals surface area contributed by atoms with E-state index in [1.807, 2.05) is 12.4 Å². The molecule has 1 aromatic carbocycles. The van der Waals surface area contributed by atoms with Crippen molar-refractivity contribution >= 4 is 16.5 Å². The van der Waals surface area contributed by atoms with Gasteiger partial charge in [0.1, 0.15) is 0 Å². The molecule has 1 N–H and O–H groups in total. The van der Waals surface area contributed by atoms with Crippen LogP contribution in [0.3, 0.4) is 0 Å². The highest BCUT2D eigenvalue weighted by Crippen LogP contribution is 2.32. The largest absolute Gasteiger partial charge is 0.382 e. The fourth-order valence-corrected chi connectivity index (χ4v) is 3.77. The molecule has 0 aliphatic heterocycles. The molecule has 1 aliphatic carbocycles. The van der Waals surface area contributed by atoms with Gasteiger partial charge in [0, 0.05) is 34.9 Å². The minimum Gasteiger partial charge on any atom is -0.382 e. The van der Waals surface area contributed by atoms with Gasteiger partial charge >= 0.3 is 0 Å². The van der Waals surface area contributed by atoms with Gasteiger partial charge in [-0.25, -0.2) is 0 Å². The van der Waals surface area contributed by atoms with Crippen LogP contribution in [0.1, 0.15) is 46.0 Å². The first-order chi connectivity index (χ1) is 10.2. The molecule has 112 valence electrons. The van der Waals surface area contributed by atoms with E-state index >= 15 is 0 Å². The molecule has 3 rings (SSSR count). The summed E-state index contributed by atoms with van der Waals surface area (Å²) in [5.41, 5.74) is 1.27. The molecule has 1 fully saturated rings. The molecule has 2 unspecified atom stereocenters. The number of nitrogens with one attached hydrogen (secondary N) is 1. The summed E-state index contributed by atoms with van der Waals surface area (Å²) < 4.78 is 0. The highest BCUT2D eigenvalue weighted by atomic mass is 14.9. The average Bonchev–Trinajstić information content (AvgIpc) is 2.47. The number of fused-ring (bicyclic) bond motifs is 1. The summed E-state index contributed by atoms with van der Waals surface area (Å²) in [6.07, 6.45) is 10.6. The second-order valence-corrected chi connectivity index (χ2v) is 6.91. The lowest BCUT2D eigenvalue weighted by atomic mass is 9.81. The van der Waals surface area contributed by atoms with Crippen LogP contribution in [-0.4, -0.2) is 11.0 Å². The Morgan fingerprint density at radius 3 is 3.00 bits per heavy atom. The highest BCUT2D eigenvalue weighted by Gasteiger charge is 2.22. The smallest absolute Gasteiger partial charge is 0.0423 e. The SMILES string of the molecule is CC(C)CC1CCCC(Nc2cccc3cnccc23)C1. The van der Waals surface area contributed by atoms with Crippen LogP contribution in [0.25, 0.3) is 10.8 Å². The van der Waals surface area contributed by atoms with Crippen LogP contribution in [-0.2, 0) is 0 Å². The Kier molecular flexibility index (Phi) is 4.42. The Labute approximate surface area is 128 Å². The Morgan fingerprint density at radius 2 is 2.14 bits per heavy atom. The van der Waals surface area contributed by atoms with Crippen LogP contribution >= 0.6 is 0 Å². The van der Waals surface area contributed by atoms with Gasteiger partial charge in [-0.15, -0.1) is 0 Å². The number of pyridine rings is 1. The van der Waals surface area contributed by atoms with Crippen LogP contribution < -0.4 is 5.32 Å². The molecule has 0 spiro atoms. The Morgan fingerprint density at radius 1 is 1.24 bits per heavy atom. The minimum absolute atomic E-state index is 0.626. The molecule has 21 heavy (non-hydrogen) atoms. The average molecular weight is 282 g/mol. The lowest BCUT2D eigenvalue weighted by Crippen LogP contribution is -2.28. The zero-order valence-corrected chi connectivity index (χ0v) is 13.2. The molecule has 2 atom stereocenters. The van der Waals surface area contributed by atoms with E-state index in [2.05, 4.69) is 48.4 Å². The summed E-state index contributed by atoms with van der Waals surface area (Å²) in [5, 5.41) is 6.31. The first kappa shape index (κ1) is 14.4. The Balaban J connectivity index is 1.73. The molecule has 0 amide bonds. The third kappa shape index (κ3) is 3.55. The molecule has 1 saturated carbocycles. The topological polar surface area (TPSA) is 24.9 Å². The number of benzene rings is 1. The molecule has 1 aromatic heterocycles. The summed E-state index contributed by atoms with van der Waals surface area (Å²) in [4.78, 5) is 4.22. The van der Waals surface area contributed by atoms with Crippen LogP contribution in [0.15, 0.2) is 36.7 Å². The molecule has 0 radical (unpaired) electrons. The monoisotopic (exact) mass is 282 g/mol. The molecule has 2 heteroatoms. The van der Waals surface area contributed by atoms with E-state index in [-0.39, 0.29) is 0 Å². The van der Waals surface area contributed by atoms with Crippen LogP contribution in [0.2, 0.25) is 0 Å². The van der Waals surface area contributed by atoms with Crippen LogP contribution in [0.5, 0.6) is 0 Å². The van der Waals surface area contributed by atoms with Crippen molar-refractivity contribution in [3.05, 3.63) is 36.7 Å². The van der Waals surface area contributed by atoms with Crippen molar-refractivity contribution in [3.8, 4) is 0 Å². The van der Waals surface area contributed by atoms with Crippen molar-refractivity contribution in [3.63, 3.8) is 0 Å². The van der Waals surface area contributed by atoms with Crippen molar-refractivity contribution < 1.29 is 0 Å². The number of hydrogen-bond donors (Lipinski definition) is 1. The van der Waals surface area contributed by atoms with E-state index in [0.717, 1.165) is 11.8 Å². The van der Waals surface area contributed by atoms with Gasteiger partial charge in [0.2, 0.25) is 0 Å². The first-order valence-corrected chi connectivity index (χ1v) is 8.31. The fraction of sp³-hybridized carbons (Fsp3) is 0.526. The van der Waals surface area contributed by atoms with Crippen molar-refractivity contribution in [1.82, 2.24) is 4.98 Å². The van der Waals surface area contributed by atoms with Gasteiger partial charge in [0.15, 0.2) is 0 Å². The van der Waals surface area contributed by atoms with Gasteiger partial charge in [0.25, 0.3) is 0 Å². The first-order valence-electron chi connectivity index (χ1n) is 8.31. The van der Waals surface area contributed by atoms with E-state index < -0.39 is 0 Å². The van der Waals surface area contributed by atoms with Crippen LogP contribution in [0, 0.1) is 11.8 Å². The molecule has 2 nitrogen and oxygen atoms in total. The number of rotatable bonds is 4. The van der Waals surface area contributed by atoms with Crippen molar-refractivity contribution in [2.75, 3.05) is 5.32 Å². The number of anilines is 1. The van der Waals surface area contributed by atoms with E-state index in [9.17, 15) is 0 Å². The van der Waals surface area contributed by atoms with Crippen molar-refractivity contribution in [2.24, 2.45) is 11.8 Å². The number of aromatic nitrogens is 1. The van der Waals surface area contributed by atoms with Gasteiger partial charge in [-0.2, -0.15) is 0 Å². The normalized spacial score (nSPS) is 22.6. The van der Waals surface area contributed by atoms with Gasteiger partial charge < -0.3 is 5.32 Å². The molecule has 2 aromatic rings. The predicted molar refractivity (Wildman–Crippen MR) is 90.6 cm³/mol. The summed E-state index contributed by atoms with van der Waals surface area (Å²) in [7, 11) is 0. The quantitative estimate of drug-likeness (QED) is 0.828. The van der Waals surface area contributed by atoms with Crippen LogP contribution in [0.4, 0.5) is 5.69 Å². The van der Waals surface area contributed by atoms with E-state index in [1.54, 1.807) is 0 Å². The van der Waals surface area contributed by atoms with Crippen molar-refractivity contribution in [1.29, 1.82) is 0 Å². The number of hydrogen-bond acceptors (Lipinski definition) is 2. The lowest BCUT2D eigenvalue weighted by Gasteiger charge is -2.31. The zero-order chi connectivity index (χ0) is 14.7. The molecular formula is C19H26N2. The summed E-state index contributed by atoms with van der Waals surface area (Å²) >= 11 is 0. The third-order valence-corrected chi connectivity index (χ3v) is 4.63. The maximum atomic E-state index is 4.22. The molecule has 1 heterocycles. The van der Waals surface area contributed by atoms with E-state index in [1.165, 1.54) is 48.6 Å². The second kappa shape index (κ2) is 6.46. The highest BCUT2D eigenvalue weighted by molar-refractivity contribution is 5.93. The van der Waals surface area contributed by atoms with Gasteiger partial charge in [-0.1, -0.05) is 38.8 Å². The Hall–Kier alpha value is -1.57. The van der Waals surface area contributed by atoms with Gasteiger partial charge in [-0.3, -0.25) is 4.98 Å². The van der Waals surface area contributed by atoms with Gasteiger partial charge in [-0.05, 0) is 43.2 Å². The molecular weight excluding hydrogens is 256 g/mol. The summed E-state index contributed by atoms with van der Waals surface area (Å²) in [6.45, 7) is 4.68. The maximum absolute atomic E-state index is 4.22. The maximum Gasteiger partial charge on any atom is 0.0423 e. The second-order valence-electron chi connectivity index (χ2n) is 6.91. The minimum atomic E-state index is 0.626. The fourth-order valence-electron chi connectivity index (χ4n) is 3.77. The Bertz CT molecular complexity index is 586. The van der Waals surface area contributed by atoms with Crippen molar-refractivity contribution in [2.45, 2.75) is 52.0 Å². The summed E-state index contributed by atoms with van der Waals surface area (Å²) in [5.74, 6) is 1.71. The summed E-state index contributed by atoms with van der Waals surface area (Å²) in [6, 6.07) is 9.21. The lowest BCUT2D eigenvalue weighted by molar-refractivity contribution is 0.289. The predicted octanol–water partition coefficient (Wildman–Crippen LogP) is 5.25. The van der Waals surface area contributed by atoms with E-state index in [4.69, 9.17) is 0 Å². The number of nitrogens with zero attached hydrogens (tertiary/aromatic N) is 1. The third-order valence-electron chi connectivity index (χ3n) is 4.63. The zero-order valence-electron chi connectivity index (χ0n) is 13.2. The molecule has 1 aliphatic rings. The molecule has 0 bridgehead atoms. The van der Waals surface area contributed by atoms with Gasteiger partial charge in [0.05, 0.1) is 0 Å².